The van der Waals surface area contributed by atoms with Gasteiger partial charge in [-0.05, 0) is 38.7 Å². The van der Waals surface area contributed by atoms with E-state index in [-0.39, 0.29) is 12.1 Å². The Morgan fingerprint density at radius 2 is 2.07 bits per heavy atom. The molecule has 3 aromatic heterocycles. The van der Waals surface area contributed by atoms with Crippen LogP contribution in [0.2, 0.25) is 0 Å². The summed E-state index contributed by atoms with van der Waals surface area (Å²) in [5.74, 6) is 0.961. The first-order chi connectivity index (χ1) is 13.5. The first kappa shape index (κ1) is 18.9. The van der Waals surface area contributed by atoms with Crippen LogP contribution in [0.1, 0.15) is 44.2 Å². The van der Waals surface area contributed by atoms with Crippen molar-refractivity contribution in [3.05, 3.63) is 30.4 Å². The van der Waals surface area contributed by atoms with Gasteiger partial charge in [0.1, 0.15) is 0 Å². The molecule has 8 heteroatoms. The Bertz CT molecular complexity index is 941. The van der Waals surface area contributed by atoms with Crippen LogP contribution in [0.3, 0.4) is 0 Å². The van der Waals surface area contributed by atoms with Gasteiger partial charge in [-0.3, -0.25) is 4.68 Å². The number of methoxy groups -OCH3 is 1. The molecule has 0 bridgehead atoms. The van der Waals surface area contributed by atoms with Crippen molar-refractivity contribution < 1.29 is 9.84 Å². The van der Waals surface area contributed by atoms with Crippen LogP contribution in [-0.2, 0) is 11.8 Å². The number of rotatable bonds is 6. The van der Waals surface area contributed by atoms with Crippen molar-refractivity contribution in [2.75, 3.05) is 19.0 Å². The highest BCUT2D eigenvalue weighted by Crippen LogP contribution is 2.37. The van der Waals surface area contributed by atoms with Gasteiger partial charge in [-0.2, -0.15) is 5.10 Å². The number of aromatic nitrogens is 5. The zero-order chi connectivity index (χ0) is 19.7. The Labute approximate surface area is 164 Å². The maximum Gasteiger partial charge on any atom is 0.241 e. The maximum absolute atomic E-state index is 9.90. The molecular weight excluding hydrogens is 356 g/mol. The topological polar surface area (TPSA) is 89.5 Å². The quantitative estimate of drug-likeness (QED) is 0.679. The molecule has 0 aromatic carbocycles. The van der Waals surface area contributed by atoms with Crippen LogP contribution in [0.5, 0.6) is 0 Å². The fraction of sp³-hybridized carbons (Fsp3) is 0.550. The molecule has 3 aromatic rings. The fourth-order valence-electron chi connectivity index (χ4n) is 4.05. The van der Waals surface area contributed by atoms with Gasteiger partial charge in [0.25, 0.3) is 0 Å². The number of hydrogen-bond donors (Lipinski definition) is 2. The van der Waals surface area contributed by atoms with Crippen LogP contribution in [0.15, 0.2) is 24.7 Å². The summed E-state index contributed by atoms with van der Waals surface area (Å²) in [5, 5.41) is 22.3. The Morgan fingerprint density at radius 3 is 2.75 bits per heavy atom. The fourth-order valence-corrected chi connectivity index (χ4v) is 4.05. The van der Waals surface area contributed by atoms with E-state index in [0.717, 1.165) is 42.3 Å². The molecule has 0 unspecified atom stereocenters. The third kappa shape index (κ3) is 3.74. The molecule has 0 aliphatic heterocycles. The summed E-state index contributed by atoms with van der Waals surface area (Å²) in [7, 11) is 3.60. The smallest absolute Gasteiger partial charge is 0.241 e. The highest BCUT2D eigenvalue weighted by molar-refractivity contribution is 5.81. The lowest BCUT2D eigenvalue weighted by atomic mass is 9.85. The molecule has 150 valence electrons. The lowest BCUT2D eigenvalue weighted by Crippen LogP contribution is -2.23. The van der Waals surface area contributed by atoms with E-state index in [4.69, 9.17) is 9.84 Å². The second kappa shape index (κ2) is 7.89. The number of nitrogens with one attached hydrogen (secondary N) is 1. The monoisotopic (exact) mass is 384 g/mol. The van der Waals surface area contributed by atoms with E-state index in [2.05, 4.69) is 21.5 Å². The van der Waals surface area contributed by atoms with Gasteiger partial charge in [0, 0.05) is 49.1 Å². The standard InChI is InChI=1S/C20H28N6O2/c1-13(12-28-3)23-20-21-10-19-17(15-9-22-25(2)11-15)8-18(26(19)24-20)14-4-6-16(27)7-5-14/h8-11,13-14,16,27H,4-7,12H2,1-3H3,(H,23,24)/t13-,14?,16?/m0/s1. The molecular formula is C20H28N6O2. The number of nitrogens with zero attached hydrogens (tertiary/aromatic N) is 5. The van der Waals surface area contributed by atoms with E-state index in [0.29, 0.717) is 18.5 Å². The van der Waals surface area contributed by atoms with Crippen LogP contribution < -0.4 is 5.32 Å². The number of hydrogen-bond acceptors (Lipinski definition) is 6. The molecule has 2 N–H and O–H groups in total. The number of anilines is 1. The second-order valence-electron chi connectivity index (χ2n) is 7.77. The van der Waals surface area contributed by atoms with Crippen molar-refractivity contribution >= 4 is 11.5 Å². The minimum Gasteiger partial charge on any atom is -0.393 e. The van der Waals surface area contributed by atoms with Gasteiger partial charge in [0.05, 0.1) is 30.6 Å². The van der Waals surface area contributed by atoms with Crippen molar-refractivity contribution in [1.82, 2.24) is 24.4 Å². The number of aryl methyl sites for hydroxylation is 1. The van der Waals surface area contributed by atoms with E-state index >= 15 is 0 Å². The number of ether oxygens (including phenoxy) is 1. The van der Waals surface area contributed by atoms with E-state index in [1.807, 2.05) is 37.1 Å². The molecule has 0 amide bonds. The first-order valence-electron chi connectivity index (χ1n) is 9.86. The second-order valence-corrected chi connectivity index (χ2v) is 7.77. The summed E-state index contributed by atoms with van der Waals surface area (Å²) in [5.41, 5.74) is 4.29. The molecule has 1 atom stereocenters. The van der Waals surface area contributed by atoms with Gasteiger partial charge in [-0.1, -0.05) is 0 Å². The third-order valence-corrected chi connectivity index (χ3v) is 5.47. The van der Waals surface area contributed by atoms with Gasteiger partial charge in [0.2, 0.25) is 5.95 Å². The van der Waals surface area contributed by atoms with Crippen molar-refractivity contribution in [3.8, 4) is 11.1 Å². The normalized spacial score (nSPS) is 21.1. The van der Waals surface area contributed by atoms with Crippen molar-refractivity contribution in [2.45, 2.75) is 50.7 Å². The minimum atomic E-state index is -0.179. The highest BCUT2D eigenvalue weighted by Gasteiger charge is 2.25. The molecule has 4 rings (SSSR count). The van der Waals surface area contributed by atoms with Crippen LogP contribution in [0.25, 0.3) is 16.6 Å². The average molecular weight is 384 g/mol. The maximum atomic E-state index is 9.90. The molecule has 1 saturated carbocycles. The van der Waals surface area contributed by atoms with Gasteiger partial charge in [-0.15, -0.1) is 5.10 Å². The molecule has 0 radical (unpaired) electrons. The summed E-state index contributed by atoms with van der Waals surface area (Å²) < 4.78 is 9.02. The SMILES string of the molecule is COC[C@H](C)Nc1ncc2c(-c3cnn(C)c3)cc(C3CCC(O)CC3)n2n1. The van der Waals surface area contributed by atoms with Crippen molar-refractivity contribution in [3.63, 3.8) is 0 Å². The highest BCUT2D eigenvalue weighted by atomic mass is 16.5. The Hall–Kier alpha value is -2.45. The van der Waals surface area contributed by atoms with E-state index in [9.17, 15) is 5.11 Å². The molecule has 8 nitrogen and oxygen atoms in total. The molecule has 1 aliphatic carbocycles. The van der Waals surface area contributed by atoms with Gasteiger partial charge < -0.3 is 15.2 Å². The van der Waals surface area contributed by atoms with Gasteiger partial charge in [-0.25, -0.2) is 9.50 Å². The Balaban J connectivity index is 1.76. The van der Waals surface area contributed by atoms with Crippen LogP contribution in [0, 0.1) is 0 Å². The predicted octanol–water partition coefficient (Wildman–Crippen LogP) is 2.60. The van der Waals surface area contributed by atoms with Crippen molar-refractivity contribution in [2.24, 2.45) is 7.05 Å². The van der Waals surface area contributed by atoms with Crippen LogP contribution in [-0.4, -0.2) is 55.3 Å². The molecule has 1 fully saturated rings. The summed E-state index contributed by atoms with van der Waals surface area (Å²) in [6.45, 7) is 2.62. The third-order valence-electron chi connectivity index (χ3n) is 5.47. The largest absolute Gasteiger partial charge is 0.393 e. The minimum absolute atomic E-state index is 0.115. The molecule has 3 heterocycles. The van der Waals surface area contributed by atoms with Gasteiger partial charge in [0.15, 0.2) is 0 Å². The average Bonchev–Trinajstić information content (AvgIpc) is 3.26. The molecule has 1 aliphatic rings. The molecule has 0 spiro atoms. The number of aliphatic hydroxyl groups excluding tert-OH is 1. The van der Waals surface area contributed by atoms with Crippen LogP contribution >= 0.6 is 0 Å². The van der Waals surface area contributed by atoms with Gasteiger partial charge >= 0.3 is 0 Å². The van der Waals surface area contributed by atoms with E-state index in [1.165, 1.54) is 5.69 Å². The summed E-state index contributed by atoms with van der Waals surface area (Å²) in [4.78, 5) is 4.53. The number of aliphatic hydroxyl groups is 1. The predicted molar refractivity (Wildman–Crippen MR) is 107 cm³/mol. The molecule has 28 heavy (non-hydrogen) atoms. The summed E-state index contributed by atoms with van der Waals surface area (Å²) in [6.07, 6.45) is 9.18. The van der Waals surface area contributed by atoms with E-state index in [1.54, 1.807) is 11.8 Å². The lowest BCUT2D eigenvalue weighted by Gasteiger charge is -2.25. The lowest BCUT2D eigenvalue weighted by molar-refractivity contribution is 0.121. The zero-order valence-electron chi connectivity index (χ0n) is 16.7. The van der Waals surface area contributed by atoms with E-state index < -0.39 is 0 Å². The summed E-state index contributed by atoms with van der Waals surface area (Å²) >= 11 is 0. The Kier molecular flexibility index (Phi) is 5.32. The number of fused-ring (bicyclic) bond motifs is 1. The van der Waals surface area contributed by atoms with Crippen LogP contribution in [0.4, 0.5) is 5.95 Å². The Morgan fingerprint density at radius 1 is 1.29 bits per heavy atom. The zero-order valence-corrected chi connectivity index (χ0v) is 16.7. The molecule has 0 saturated heterocycles. The summed E-state index contributed by atoms with van der Waals surface area (Å²) in [6, 6.07) is 2.33. The van der Waals surface area contributed by atoms with Crippen molar-refractivity contribution in [1.29, 1.82) is 0 Å². The first-order valence-corrected chi connectivity index (χ1v) is 9.86.